The van der Waals surface area contributed by atoms with E-state index in [0.29, 0.717) is 10.7 Å². The lowest BCUT2D eigenvalue weighted by Gasteiger charge is -2.16. The maximum Gasteiger partial charge on any atom is 0.268 e. The van der Waals surface area contributed by atoms with Crippen LogP contribution in [0.4, 0.5) is 0 Å². The number of rotatable bonds is 3. The summed E-state index contributed by atoms with van der Waals surface area (Å²) in [5.74, 6) is -0.155. The lowest BCUT2D eigenvalue weighted by Crippen LogP contribution is -2.27. The molecule has 0 unspecified atom stereocenters. The van der Waals surface area contributed by atoms with Gasteiger partial charge < -0.3 is 10.3 Å². The van der Waals surface area contributed by atoms with E-state index in [1.54, 1.807) is 12.3 Å². The molecule has 0 radical (unpaired) electrons. The lowest BCUT2D eigenvalue weighted by atomic mass is 10.0. The lowest BCUT2D eigenvalue weighted by molar-refractivity contribution is 0.0935. The third-order valence-corrected chi connectivity index (χ3v) is 3.11. The molecule has 1 heterocycles. The van der Waals surface area contributed by atoms with E-state index in [9.17, 15) is 4.79 Å². The van der Waals surface area contributed by atoms with Crippen molar-refractivity contribution in [2.75, 3.05) is 0 Å². The van der Waals surface area contributed by atoms with Crippen LogP contribution < -0.4 is 5.32 Å². The minimum atomic E-state index is -0.155. The molecule has 4 heteroatoms. The highest BCUT2D eigenvalue weighted by Gasteiger charge is 2.13. The van der Waals surface area contributed by atoms with Gasteiger partial charge in [0.05, 0.1) is 11.1 Å². The summed E-state index contributed by atoms with van der Waals surface area (Å²) in [5.41, 5.74) is 2.75. The zero-order valence-electron chi connectivity index (χ0n) is 10.3. The molecule has 1 aromatic heterocycles. The first-order valence-corrected chi connectivity index (χ1v) is 6.16. The third kappa shape index (κ3) is 2.74. The summed E-state index contributed by atoms with van der Waals surface area (Å²) in [6.07, 6.45) is 1.59. The maximum atomic E-state index is 12.0. The molecule has 0 spiro atoms. The van der Waals surface area contributed by atoms with Crippen molar-refractivity contribution in [3.05, 3.63) is 58.4 Å². The van der Waals surface area contributed by atoms with Gasteiger partial charge in [0.2, 0.25) is 0 Å². The Morgan fingerprint density at radius 1 is 1.39 bits per heavy atom. The van der Waals surface area contributed by atoms with Crippen LogP contribution in [0.25, 0.3) is 0 Å². The van der Waals surface area contributed by atoms with Gasteiger partial charge in [0.15, 0.2) is 0 Å². The Labute approximate surface area is 111 Å². The molecule has 1 aromatic carbocycles. The molecule has 0 bridgehead atoms. The summed E-state index contributed by atoms with van der Waals surface area (Å²) in [6, 6.07) is 9.57. The molecule has 94 valence electrons. The number of hydrogen-bond donors (Lipinski definition) is 2. The largest absolute Gasteiger partial charge is 0.356 e. The fourth-order valence-electron chi connectivity index (χ4n) is 1.92. The molecule has 0 saturated heterocycles. The highest BCUT2D eigenvalue weighted by atomic mass is 35.5. The monoisotopic (exact) mass is 262 g/mol. The number of aromatic amines is 1. The summed E-state index contributed by atoms with van der Waals surface area (Å²) in [6.45, 7) is 3.99. The Hall–Kier alpha value is -1.74. The molecular formula is C14H15ClN2O. The number of amides is 1. The second kappa shape index (κ2) is 5.27. The standard InChI is InChI=1S/C14H15ClN2O/c1-9-5-3-4-6-12(9)10(2)17-14(18)13-7-11(15)8-16-13/h3-8,10,16H,1-2H3,(H,17,18)/t10-/m0/s1. The van der Waals surface area contributed by atoms with E-state index in [1.807, 2.05) is 38.1 Å². The molecule has 2 rings (SSSR count). The van der Waals surface area contributed by atoms with Crippen molar-refractivity contribution in [3.8, 4) is 0 Å². The van der Waals surface area contributed by atoms with Crippen molar-refractivity contribution >= 4 is 17.5 Å². The molecule has 0 saturated carbocycles. The van der Waals surface area contributed by atoms with Crippen LogP contribution >= 0.6 is 11.6 Å². The van der Waals surface area contributed by atoms with Gasteiger partial charge >= 0.3 is 0 Å². The average Bonchev–Trinajstić information content (AvgIpc) is 2.76. The second-order valence-electron chi connectivity index (χ2n) is 4.28. The number of benzene rings is 1. The van der Waals surface area contributed by atoms with Crippen LogP contribution in [0.5, 0.6) is 0 Å². The number of hydrogen-bond acceptors (Lipinski definition) is 1. The molecule has 0 aliphatic carbocycles. The first-order valence-electron chi connectivity index (χ1n) is 5.78. The van der Waals surface area contributed by atoms with Crippen molar-refractivity contribution in [2.24, 2.45) is 0 Å². The minimum Gasteiger partial charge on any atom is -0.356 e. The summed E-state index contributed by atoms with van der Waals surface area (Å²) < 4.78 is 0. The Kier molecular flexibility index (Phi) is 3.72. The SMILES string of the molecule is Cc1ccccc1[C@H](C)NC(=O)c1cc(Cl)c[nH]1. The third-order valence-electron chi connectivity index (χ3n) is 2.89. The molecule has 3 nitrogen and oxygen atoms in total. The summed E-state index contributed by atoms with van der Waals surface area (Å²) in [4.78, 5) is 14.8. The zero-order valence-corrected chi connectivity index (χ0v) is 11.1. The fraction of sp³-hybridized carbons (Fsp3) is 0.214. The molecule has 2 aromatic rings. The molecule has 1 atom stereocenters. The van der Waals surface area contributed by atoms with Gasteiger partial charge in [-0.1, -0.05) is 35.9 Å². The molecular weight excluding hydrogens is 248 g/mol. The molecule has 1 amide bonds. The second-order valence-corrected chi connectivity index (χ2v) is 4.72. The van der Waals surface area contributed by atoms with Gasteiger partial charge in [0, 0.05) is 6.20 Å². The van der Waals surface area contributed by atoms with Crippen LogP contribution in [0, 0.1) is 6.92 Å². The smallest absolute Gasteiger partial charge is 0.268 e. The Morgan fingerprint density at radius 2 is 2.11 bits per heavy atom. The van der Waals surface area contributed by atoms with Gasteiger partial charge in [0.25, 0.3) is 5.91 Å². The Bertz CT molecular complexity index is 562. The van der Waals surface area contributed by atoms with Crippen LogP contribution in [-0.4, -0.2) is 10.9 Å². The quantitative estimate of drug-likeness (QED) is 0.874. The molecule has 0 aliphatic rings. The average molecular weight is 263 g/mol. The number of carbonyl (C=O) groups excluding carboxylic acids is 1. The van der Waals surface area contributed by atoms with Crippen LogP contribution in [0.1, 0.15) is 34.6 Å². The molecule has 18 heavy (non-hydrogen) atoms. The van der Waals surface area contributed by atoms with E-state index in [2.05, 4.69) is 10.3 Å². The summed E-state index contributed by atoms with van der Waals surface area (Å²) in [5, 5.41) is 3.47. The molecule has 0 fully saturated rings. The van der Waals surface area contributed by atoms with Crippen molar-refractivity contribution in [3.63, 3.8) is 0 Å². The van der Waals surface area contributed by atoms with Crippen molar-refractivity contribution in [2.45, 2.75) is 19.9 Å². The van der Waals surface area contributed by atoms with Crippen molar-refractivity contribution in [1.29, 1.82) is 0 Å². The van der Waals surface area contributed by atoms with E-state index < -0.39 is 0 Å². The first-order chi connectivity index (χ1) is 8.58. The fourth-order valence-corrected chi connectivity index (χ4v) is 2.09. The van der Waals surface area contributed by atoms with E-state index in [1.165, 1.54) is 0 Å². The normalized spacial score (nSPS) is 12.2. The number of halogens is 1. The highest BCUT2D eigenvalue weighted by molar-refractivity contribution is 6.30. The van der Waals surface area contributed by atoms with Crippen LogP contribution in [0.2, 0.25) is 5.02 Å². The van der Waals surface area contributed by atoms with Crippen LogP contribution in [0.15, 0.2) is 36.5 Å². The summed E-state index contributed by atoms with van der Waals surface area (Å²) >= 11 is 5.77. The predicted octanol–water partition coefficient (Wildman–Crippen LogP) is 3.47. The first kappa shape index (κ1) is 12.7. The Balaban J connectivity index is 2.10. The van der Waals surface area contributed by atoms with Gasteiger partial charge in [-0.2, -0.15) is 0 Å². The molecule has 0 aliphatic heterocycles. The molecule has 2 N–H and O–H groups in total. The van der Waals surface area contributed by atoms with Gasteiger partial charge in [0.1, 0.15) is 5.69 Å². The van der Waals surface area contributed by atoms with Gasteiger partial charge in [-0.3, -0.25) is 4.79 Å². The van der Waals surface area contributed by atoms with Crippen LogP contribution in [-0.2, 0) is 0 Å². The van der Waals surface area contributed by atoms with E-state index in [-0.39, 0.29) is 11.9 Å². The van der Waals surface area contributed by atoms with Crippen molar-refractivity contribution in [1.82, 2.24) is 10.3 Å². The van der Waals surface area contributed by atoms with Gasteiger partial charge in [-0.05, 0) is 31.0 Å². The van der Waals surface area contributed by atoms with Crippen molar-refractivity contribution < 1.29 is 4.79 Å². The minimum absolute atomic E-state index is 0.0409. The van der Waals surface area contributed by atoms with E-state index in [4.69, 9.17) is 11.6 Å². The van der Waals surface area contributed by atoms with Gasteiger partial charge in [-0.25, -0.2) is 0 Å². The highest BCUT2D eigenvalue weighted by Crippen LogP contribution is 2.17. The van der Waals surface area contributed by atoms with E-state index >= 15 is 0 Å². The zero-order chi connectivity index (χ0) is 13.1. The van der Waals surface area contributed by atoms with Crippen LogP contribution in [0.3, 0.4) is 0 Å². The number of carbonyl (C=O) groups is 1. The van der Waals surface area contributed by atoms with E-state index in [0.717, 1.165) is 11.1 Å². The number of aryl methyl sites for hydroxylation is 1. The Morgan fingerprint density at radius 3 is 2.72 bits per heavy atom. The maximum absolute atomic E-state index is 12.0. The number of nitrogens with one attached hydrogen (secondary N) is 2. The van der Waals surface area contributed by atoms with Gasteiger partial charge in [-0.15, -0.1) is 0 Å². The number of H-pyrrole nitrogens is 1. The summed E-state index contributed by atoms with van der Waals surface area (Å²) in [7, 11) is 0. The predicted molar refractivity (Wildman–Crippen MR) is 72.9 cm³/mol. The topological polar surface area (TPSA) is 44.9 Å². The number of aromatic nitrogens is 1.